The van der Waals surface area contributed by atoms with E-state index in [0.29, 0.717) is 12.1 Å². The van der Waals surface area contributed by atoms with Crippen molar-refractivity contribution in [1.82, 2.24) is 19.8 Å². The molecular formula is C33H43N7O. The van der Waals surface area contributed by atoms with E-state index in [4.69, 9.17) is 4.98 Å². The van der Waals surface area contributed by atoms with Crippen molar-refractivity contribution in [3.63, 3.8) is 0 Å². The molecule has 4 heterocycles. The van der Waals surface area contributed by atoms with Crippen molar-refractivity contribution in [1.29, 1.82) is 0 Å². The Morgan fingerprint density at radius 2 is 1.41 bits per heavy atom. The topological polar surface area (TPSA) is 67.8 Å². The Kier molecular flexibility index (Phi) is 8.95. The molecule has 6 rings (SSSR count). The lowest BCUT2D eigenvalue weighted by atomic mass is 9.98. The minimum absolute atomic E-state index is 0.0560. The van der Waals surface area contributed by atoms with E-state index < -0.39 is 0 Å². The summed E-state index contributed by atoms with van der Waals surface area (Å²) in [6, 6.07) is 22.9. The van der Waals surface area contributed by atoms with Crippen LogP contribution in [0.1, 0.15) is 51.4 Å². The molecule has 3 fully saturated rings. The van der Waals surface area contributed by atoms with Crippen LogP contribution in [-0.4, -0.2) is 77.2 Å². The summed E-state index contributed by atoms with van der Waals surface area (Å²) in [5, 5.41) is 3.66. The van der Waals surface area contributed by atoms with Crippen molar-refractivity contribution in [3.8, 4) is 0 Å². The standard InChI is InChI=1S/C33H43N7O/c41-33(40(29-13-5-3-6-14-29)30-15-7-4-8-16-30)38-24-18-28(19-25-38)39-23-11-12-27(26-39)35-32-34-20-17-31(36-32)37-21-9-1-2-10-22-37/h3-8,13-17,20,27-28H,1-2,9-12,18-19,21-26H2,(H,34,35,36). The Hall–Kier alpha value is -3.65. The molecule has 0 bridgehead atoms. The highest BCUT2D eigenvalue weighted by Gasteiger charge is 2.32. The second kappa shape index (κ2) is 13.3. The van der Waals surface area contributed by atoms with Crippen LogP contribution in [0.4, 0.5) is 27.9 Å². The molecule has 8 nitrogen and oxygen atoms in total. The first kappa shape index (κ1) is 27.5. The van der Waals surface area contributed by atoms with Gasteiger partial charge >= 0.3 is 6.03 Å². The van der Waals surface area contributed by atoms with Crippen LogP contribution < -0.4 is 15.1 Å². The van der Waals surface area contributed by atoms with Gasteiger partial charge < -0.3 is 15.1 Å². The van der Waals surface area contributed by atoms with Gasteiger partial charge in [0.15, 0.2) is 0 Å². The van der Waals surface area contributed by atoms with E-state index in [0.717, 1.165) is 81.7 Å². The zero-order valence-corrected chi connectivity index (χ0v) is 24.1. The van der Waals surface area contributed by atoms with Crippen LogP contribution >= 0.6 is 0 Å². The third-order valence-electron chi connectivity index (χ3n) is 8.83. The quantitative estimate of drug-likeness (QED) is 0.395. The third kappa shape index (κ3) is 6.81. The number of aromatic nitrogens is 2. The van der Waals surface area contributed by atoms with E-state index in [9.17, 15) is 4.79 Å². The van der Waals surface area contributed by atoms with Crippen molar-refractivity contribution in [3.05, 3.63) is 72.9 Å². The molecule has 3 aromatic rings. The summed E-state index contributed by atoms with van der Waals surface area (Å²) in [4.78, 5) is 32.2. The lowest BCUT2D eigenvalue weighted by Gasteiger charge is -2.43. The van der Waals surface area contributed by atoms with Gasteiger partial charge in [-0.2, -0.15) is 4.98 Å². The number of hydrogen-bond acceptors (Lipinski definition) is 6. The van der Waals surface area contributed by atoms with Crippen LogP contribution in [0.15, 0.2) is 72.9 Å². The van der Waals surface area contributed by atoms with Gasteiger partial charge in [0.25, 0.3) is 0 Å². The molecular weight excluding hydrogens is 510 g/mol. The molecule has 1 unspecified atom stereocenters. The summed E-state index contributed by atoms with van der Waals surface area (Å²) in [5.74, 6) is 1.80. The van der Waals surface area contributed by atoms with E-state index in [2.05, 4.69) is 26.2 Å². The Bertz CT molecular complexity index is 1200. The molecule has 3 aliphatic rings. The number of rotatable bonds is 6. The van der Waals surface area contributed by atoms with Gasteiger partial charge in [-0.15, -0.1) is 0 Å². The predicted octanol–water partition coefficient (Wildman–Crippen LogP) is 6.16. The van der Waals surface area contributed by atoms with Gasteiger partial charge in [0, 0.05) is 51.0 Å². The number of benzene rings is 2. The fourth-order valence-electron chi connectivity index (χ4n) is 6.62. The van der Waals surface area contributed by atoms with Crippen molar-refractivity contribution in [2.45, 2.75) is 63.5 Å². The normalized spacial score (nSPS) is 20.8. The zero-order valence-electron chi connectivity index (χ0n) is 24.1. The van der Waals surface area contributed by atoms with Crippen LogP contribution in [0.5, 0.6) is 0 Å². The fourth-order valence-corrected chi connectivity index (χ4v) is 6.62. The minimum Gasteiger partial charge on any atom is -0.356 e. The molecule has 3 aliphatic heterocycles. The second-order valence-corrected chi connectivity index (χ2v) is 11.6. The largest absolute Gasteiger partial charge is 0.356 e. The molecule has 2 aromatic carbocycles. The number of likely N-dealkylation sites (tertiary alicyclic amines) is 2. The molecule has 0 radical (unpaired) electrons. The number of carbonyl (C=O) groups excluding carboxylic acids is 1. The summed E-state index contributed by atoms with van der Waals surface area (Å²) in [7, 11) is 0. The van der Waals surface area contributed by atoms with Crippen molar-refractivity contribution in [2.75, 3.05) is 54.4 Å². The van der Waals surface area contributed by atoms with Gasteiger partial charge in [0.1, 0.15) is 5.82 Å². The monoisotopic (exact) mass is 553 g/mol. The molecule has 2 amide bonds. The number of para-hydroxylation sites is 2. The zero-order chi connectivity index (χ0) is 27.9. The van der Waals surface area contributed by atoms with Gasteiger partial charge in [-0.3, -0.25) is 9.80 Å². The Balaban J connectivity index is 1.05. The average molecular weight is 554 g/mol. The number of nitrogens with zero attached hydrogens (tertiary/aromatic N) is 6. The molecule has 216 valence electrons. The van der Waals surface area contributed by atoms with E-state index in [1.54, 1.807) is 0 Å². The van der Waals surface area contributed by atoms with Gasteiger partial charge in [0.05, 0.1) is 11.4 Å². The summed E-state index contributed by atoms with van der Waals surface area (Å²) in [6.07, 6.45) is 11.3. The highest BCUT2D eigenvalue weighted by Crippen LogP contribution is 2.29. The van der Waals surface area contributed by atoms with Crippen molar-refractivity contribution in [2.24, 2.45) is 0 Å². The fraction of sp³-hybridized carbons (Fsp3) is 0.485. The molecule has 1 aromatic heterocycles. The maximum Gasteiger partial charge on any atom is 0.329 e. The number of amides is 2. The van der Waals surface area contributed by atoms with Crippen LogP contribution in [-0.2, 0) is 0 Å². The second-order valence-electron chi connectivity index (χ2n) is 11.6. The van der Waals surface area contributed by atoms with E-state index in [-0.39, 0.29) is 6.03 Å². The number of nitrogens with one attached hydrogen (secondary N) is 1. The predicted molar refractivity (Wildman–Crippen MR) is 166 cm³/mol. The van der Waals surface area contributed by atoms with Gasteiger partial charge in [-0.1, -0.05) is 49.2 Å². The van der Waals surface area contributed by atoms with E-state index >= 15 is 0 Å². The maximum absolute atomic E-state index is 13.8. The van der Waals surface area contributed by atoms with Crippen LogP contribution in [0.3, 0.4) is 0 Å². The Labute approximate surface area is 244 Å². The SMILES string of the molecule is O=C(N1CCC(N2CCCC(Nc3nccc(N4CCCCCC4)n3)C2)CC1)N(c1ccccc1)c1ccccc1. The van der Waals surface area contributed by atoms with Gasteiger partial charge in [-0.25, -0.2) is 9.78 Å². The number of carbonyl (C=O) groups is 1. The number of hydrogen-bond donors (Lipinski definition) is 1. The summed E-state index contributed by atoms with van der Waals surface area (Å²) in [5.41, 5.74) is 1.80. The highest BCUT2D eigenvalue weighted by molar-refractivity contribution is 5.99. The van der Waals surface area contributed by atoms with E-state index in [1.165, 1.54) is 32.1 Å². The van der Waals surface area contributed by atoms with Crippen LogP contribution in [0.25, 0.3) is 0 Å². The summed E-state index contributed by atoms with van der Waals surface area (Å²) < 4.78 is 0. The molecule has 1 N–H and O–H groups in total. The van der Waals surface area contributed by atoms with E-state index in [1.807, 2.05) is 76.7 Å². The van der Waals surface area contributed by atoms with Crippen LogP contribution in [0.2, 0.25) is 0 Å². The molecule has 1 atom stereocenters. The highest BCUT2D eigenvalue weighted by atomic mass is 16.2. The van der Waals surface area contributed by atoms with Gasteiger partial charge in [0.2, 0.25) is 5.95 Å². The number of urea groups is 1. The smallest absolute Gasteiger partial charge is 0.329 e. The van der Waals surface area contributed by atoms with Gasteiger partial charge in [-0.05, 0) is 75.4 Å². The van der Waals surface area contributed by atoms with Crippen LogP contribution in [0, 0.1) is 0 Å². The summed E-state index contributed by atoms with van der Waals surface area (Å²) >= 11 is 0. The van der Waals surface area contributed by atoms with Crippen molar-refractivity contribution >= 4 is 29.2 Å². The first-order valence-corrected chi connectivity index (χ1v) is 15.5. The first-order chi connectivity index (χ1) is 20.2. The minimum atomic E-state index is 0.0560. The third-order valence-corrected chi connectivity index (χ3v) is 8.83. The lowest BCUT2D eigenvalue weighted by Crippen LogP contribution is -2.53. The molecule has 8 heteroatoms. The lowest BCUT2D eigenvalue weighted by molar-refractivity contribution is 0.0988. The molecule has 3 saturated heterocycles. The molecule has 0 saturated carbocycles. The molecule has 0 aliphatic carbocycles. The molecule has 41 heavy (non-hydrogen) atoms. The maximum atomic E-state index is 13.8. The number of anilines is 4. The first-order valence-electron chi connectivity index (χ1n) is 15.5. The van der Waals surface area contributed by atoms with Crippen molar-refractivity contribution < 1.29 is 4.79 Å². The summed E-state index contributed by atoms with van der Waals surface area (Å²) in [6.45, 7) is 5.83. The Morgan fingerprint density at radius 3 is 2.07 bits per heavy atom. The number of piperidine rings is 2. The Morgan fingerprint density at radius 1 is 0.756 bits per heavy atom. The average Bonchev–Trinajstić information content (AvgIpc) is 3.33. The molecule has 0 spiro atoms.